The number of ether oxygens (including phenoxy) is 2. The van der Waals surface area contributed by atoms with Crippen LogP contribution in [0, 0.1) is 5.82 Å². The first-order valence-corrected chi connectivity index (χ1v) is 12.9. The Morgan fingerprint density at radius 3 is 2.67 bits per heavy atom. The molecule has 0 radical (unpaired) electrons. The quantitative estimate of drug-likeness (QED) is 0.199. The summed E-state index contributed by atoms with van der Waals surface area (Å²) in [6.07, 6.45) is 2.34. The molecular formula is C27H24Br2FN3O3. The molecule has 9 heteroatoms. The predicted molar refractivity (Wildman–Crippen MR) is 147 cm³/mol. The molecule has 4 rings (SSSR count). The topological polar surface area (TPSA) is 65.7 Å². The van der Waals surface area contributed by atoms with E-state index in [1.54, 1.807) is 30.5 Å². The normalized spacial score (nSPS) is 12.3. The first kappa shape index (κ1) is 26.0. The third-order valence-corrected chi connectivity index (χ3v) is 6.69. The summed E-state index contributed by atoms with van der Waals surface area (Å²) in [7, 11) is 1.54. The van der Waals surface area contributed by atoms with E-state index in [0.29, 0.717) is 39.4 Å². The standard InChI is InChI=1S/C27H24Br2FN3O3/c1-4-16(2)26-32-23-9-8-19(28)12-22(23)27(34)33(26)31-14-18-11-20(29)13-24(35-3)25(18)36-15-17-6-5-7-21(30)10-17/h5-14,16H,4,15H2,1-3H3/t16-/m0/s1. The highest BCUT2D eigenvalue weighted by atomic mass is 79.9. The lowest BCUT2D eigenvalue weighted by atomic mass is 10.1. The van der Waals surface area contributed by atoms with Crippen LogP contribution >= 0.6 is 31.9 Å². The molecule has 0 aliphatic carbocycles. The third kappa shape index (κ3) is 5.68. The van der Waals surface area contributed by atoms with Crippen LogP contribution in [0.5, 0.6) is 11.5 Å². The fraction of sp³-hybridized carbons (Fsp3) is 0.222. The van der Waals surface area contributed by atoms with E-state index in [0.717, 1.165) is 15.4 Å². The van der Waals surface area contributed by atoms with Crippen LogP contribution in [0.3, 0.4) is 0 Å². The Labute approximate surface area is 225 Å². The average Bonchev–Trinajstić information content (AvgIpc) is 2.86. The molecule has 0 unspecified atom stereocenters. The molecule has 0 fully saturated rings. The van der Waals surface area contributed by atoms with Gasteiger partial charge < -0.3 is 9.47 Å². The molecule has 0 saturated heterocycles. The van der Waals surface area contributed by atoms with Crippen molar-refractivity contribution in [1.82, 2.24) is 9.66 Å². The summed E-state index contributed by atoms with van der Waals surface area (Å²) in [5, 5.41) is 5.02. The molecule has 0 bridgehead atoms. The fourth-order valence-corrected chi connectivity index (χ4v) is 4.49. The van der Waals surface area contributed by atoms with Gasteiger partial charge in [-0.1, -0.05) is 57.8 Å². The molecule has 0 aliphatic rings. The number of hydrogen-bond donors (Lipinski definition) is 0. The Morgan fingerprint density at radius 2 is 1.94 bits per heavy atom. The van der Waals surface area contributed by atoms with Crippen molar-refractivity contribution < 1.29 is 13.9 Å². The maximum atomic E-state index is 13.6. The van der Waals surface area contributed by atoms with Gasteiger partial charge in [0.2, 0.25) is 0 Å². The van der Waals surface area contributed by atoms with E-state index >= 15 is 0 Å². The Morgan fingerprint density at radius 1 is 1.14 bits per heavy atom. The van der Waals surface area contributed by atoms with Gasteiger partial charge in [0.25, 0.3) is 5.56 Å². The monoisotopic (exact) mass is 615 g/mol. The van der Waals surface area contributed by atoms with Crippen LogP contribution in [0.1, 0.15) is 43.1 Å². The van der Waals surface area contributed by atoms with Gasteiger partial charge in [-0.2, -0.15) is 9.78 Å². The maximum absolute atomic E-state index is 13.6. The van der Waals surface area contributed by atoms with E-state index in [9.17, 15) is 9.18 Å². The third-order valence-electron chi connectivity index (χ3n) is 5.74. The smallest absolute Gasteiger partial charge is 0.282 e. The molecule has 1 heterocycles. The van der Waals surface area contributed by atoms with Gasteiger partial charge in [-0.25, -0.2) is 9.37 Å². The number of methoxy groups -OCH3 is 1. The van der Waals surface area contributed by atoms with Gasteiger partial charge in [0.15, 0.2) is 11.5 Å². The van der Waals surface area contributed by atoms with Crippen LogP contribution in [0.15, 0.2) is 73.4 Å². The van der Waals surface area contributed by atoms with Gasteiger partial charge in [0, 0.05) is 20.4 Å². The van der Waals surface area contributed by atoms with E-state index in [1.807, 2.05) is 32.0 Å². The van der Waals surface area contributed by atoms with Crippen molar-refractivity contribution in [3.63, 3.8) is 0 Å². The number of aromatic nitrogens is 2. The summed E-state index contributed by atoms with van der Waals surface area (Å²) in [6, 6.07) is 15.2. The molecule has 6 nitrogen and oxygen atoms in total. The molecule has 36 heavy (non-hydrogen) atoms. The van der Waals surface area contributed by atoms with E-state index in [1.165, 1.54) is 23.9 Å². The van der Waals surface area contributed by atoms with Crippen molar-refractivity contribution >= 4 is 49.0 Å². The SMILES string of the molecule is CC[C@H](C)c1nc2ccc(Br)cc2c(=O)n1N=Cc1cc(Br)cc(OC)c1OCc1cccc(F)c1. The number of nitrogens with zero attached hydrogens (tertiary/aromatic N) is 3. The lowest BCUT2D eigenvalue weighted by molar-refractivity contribution is 0.283. The highest BCUT2D eigenvalue weighted by Gasteiger charge is 2.17. The lowest BCUT2D eigenvalue weighted by Crippen LogP contribution is -2.23. The minimum Gasteiger partial charge on any atom is -0.493 e. The number of rotatable bonds is 8. The molecule has 1 atom stereocenters. The number of fused-ring (bicyclic) bond motifs is 1. The van der Waals surface area contributed by atoms with Crippen molar-refractivity contribution in [2.75, 3.05) is 7.11 Å². The molecule has 0 aliphatic heterocycles. The fourth-order valence-electron chi connectivity index (χ4n) is 3.67. The van der Waals surface area contributed by atoms with Crippen LogP contribution < -0.4 is 15.0 Å². The van der Waals surface area contributed by atoms with Crippen molar-refractivity contribution in [2.45, 2.75) is 32.8 Å². The highest BCUT2D eigenvalue weighted by molar-refractivity contribution is 9.10. The van der Waals surface area contributed by atoms with Crippen LogP contribution in [0.2, 0.25) is 0 Å². The Hall–Kier alpha value is -3.04. The van der Waals surface area contributed by atoms with Gasteiger partial charge in [0.05, 0.1) is 24.2 Å². The number of halogens is 3. The van der Waals surface area contributed by atoms with Gasteiger partial charge >= 0.3 is 0 Å². The van der Waals surface area contributed by atoms with Crippen LogP contribution in [-0.2, 0) is 6.61 Å². The second-order valence-electron chi connectivity index (χ2n) is 8.25. The molecule has 0 N–H and O–H groups in total. The van der Waals surface area contributed by atoms with Crippen molar-refractivity contribution in [1.29, 1.82) is 0 Å². The van der Waals surface area contributed by atoms with E-state index in [4.69, 9.17) is 14.5 Å². The van der Waals surface area contributed by atoms with Crippen molar-refractivity contribution in [3.05, 3.63) is 96.7 Å². The minimum atomic E-state index is -0.340. The second-order valence-corrected chi connectivity index (χ2v) is 10.1. The van der Waals surface area contributed by atoms with Gasteiger partial charge in [-0.05, 0) is 54.4 Å². The zero-order valence-electron chi connectivity index (χ0n) is 20.0. The van der Waals surface area contributed by atoms with Crippen molar-refractivity contribution in [3.8, 4) is 11.5 Å². The molecule has 1 aromatic heterocycles. The molecule has 186 valence electrons. The van der Waals surface area contributed by atoms with E-state index in [2.05, 4.69) is 37.0 Å². The average molecular weight is 617 g/mol. The summed E-state index contributed by atoms with van der Waals surface area (Å²) in [5.74, 6) is 1.12. The van der Waals surface area contributed by atoms with Crippen LogP contribution in [0.25, 0.3) is 10.9 Å². The molecule has 3 aromatic carbocycles. The summed E-state index contributed by atoms with van der Waals surface area (Å²) >= 11 is 6.92. The summed E-state index contributed by atoms with van der Waals surface area (Å²) in [5.41, 5.74) is 1.60. The molecule has 0 amide bonds. The molecule has 4 aromatic rings. The van der Waals surface area contributed by atoms with Crippen molar-refractivity contribution in [2.24, 2.45) is 5.10 Å². The van der Waals surface area contributed by atoms with E-state index in [-0.39, 0.29) is 23.9 Å². The lowest BCUT2D eigenvalue weighted by Gasteiger charge is -2.16. The number of benzene rings is 3. The summed E-state index contributed by atoms with van der Waals surface area (Å²) < 4.78 is 28.1. The summed E-state index contributed by atoms with van der Waals surface area (Å²) in [6.45, 7) is 4.17. The maximum Gasteiger partial charge on any atom is 0.282 e. The van der Waals surface area contributed by atoms with Crippen LogP contribution in [-0.4, -0.2) is 23.0 Å². The molecule has 0 spiro atoms. The van der Waals surface area contributed by atoms with Gasteiger partial charge in [0.1, 0.15) is 18.2 Å². The Kier molecular flexibility index (Phi) is 8.21. The highest BCUT2D eigenvalue weighted by Crippen LogP contribution is 2.35. The predicted octanol–water partition coefficient (Wildman–Crippen LogP) is 7.04. The first-order valence-electron chi connectivity index (χ1n) is 11.3. The summed E-state index contributed by atoms with van der Waals surface area (Å²) in [4.78, 5) is 18.2. The Balaban J connectivity index is 1.81. The largest absolute Gasteiger partial charge is 0.493 e. The van der Waals surface area contributed by atoms with Gasteiger partial charge in [-0.3, -0.25) is 4.79 Å². The molecule has 0 saturated carbocycles. The van der Waals surface area contributed by atoms with E-state index < -0.39 is 0 Å². The second kappa shape index (κ2) is 11.3. The van der Waals surface area contributed by atoms with Gasteiger partial charge in [-0.15, -0.1) is 0 Å². The first-order chi connectivity index (χ1) is 17.3. The minimum absolute atomic E-state index is 0.00337. The molecular weight excluding hydrogens is 593 g/mol. The Bertz CT molecular complexity index is 1500. The van der Waals surface area contributed by atoms with Crippen LogP contribution in [0.4, 0.5) is 4.39 Å². The zero-order chi connectivity index (χ0) is 25.8. The number of hydrogen-bond acceptors (Lipinski definition) is 5. The zero-order valence-corrected chi connectivity index (χ0v) is 23.1.